The molecule has 1 aromatic rings. The summed E-state index contributed by atoms with van der Waals surface area (Å²) in [5.74, 6) is 2.43. The summed E-state index contributed by atoms with van der Waals surface area (Å²) in [4.78, 5) is 6.90. The predicted molar refractivity (Wildman–Crippen MR) is 125 cm³/mol. The van der Waals surface area contributed by atoms with Gasteiger partial charge in [0.05, 0.1) is 6.10 Å². The Balaban J connectivity index is 0.000000376. The summed E-state index contributed by atoms with van der Waals surface area (Å²) < 4.78 is 36.2. The molecule has 1 heterocycles. The Morgan fingerprint density at radius 2 is 1.70 bits per heavy atom. The van der Waals surface area contributed by atoms with Gasteiger partial charge in [0, 0.05) is 23.3 Å². The molecular weight excluding hydrogens is 440 g/mol. The van der Waals surface area contributed by atoms with Gasteiger partial charge in [0.15, 0.2) is 0 Å². The molecule has 0 saturated heterocycles. The molecular formula is C24H36N4O4S. The Kier molecular flexibility index (Phi) is 7.06. The van der Waals surface area contributed by atoms with Crippen LogP contribution >= 0.6 is 0 Å². The first-order valence-electron chi connectivity index (χ1n) is 12.2. The quantitative estimate of drug-likeness (QED) is 0.249. The molecule has 0 amide bonds. The van der Waals surface area contributed by atoms with Gasteiger partial charge in [-0.1, -0.05) is 25.0 Å². The van der Waals surface area contributed by atoms with E-state index in [1.807, 2.05) is 18.2 Å². The van der Waals surface area contributed by atoms with Crippen molar-refractivity contribution in [2.45, 2.75) is 83.8 Å². The zero-order valence-corrected chi connectivity index (χ0v) is 20.4. The molecule has 0 radical (unpaired) electrons. The topological polar surface area (TPSA) is 125 Å². The highest BCUT2D eigenvalue weighted by molar-refractivity contribution is 7.80. The van der Waals surface area contributed by atoms with Crippen LogP contribution in [0.5, 0.6) is 0 Å². The van der Waals surface area contributed by atoms with Crippen LogP contribution < -0.4 is 0 Å². The van der Waals surface area contributed by atoms with Crippen molar-refractivity contribution in [3.8, 4) is 0 Å². The third-order valence-corrected chi connectivity index (χ3v) is 10.1. The van der Waals surface area contributed by atoms with Crippen LogP contribution in [0.2, 0.25) is 0 Å². The van der Waals surface area contributed by atoms with Crippen molar-refractivity contribution in [2.24, 2.45) is 39.6 Å². The zero-order chi connectivity index (χ0) is 23.7. The molecule has 1 aromatic heterocycles. The fraction of sp³-hybridized carbons (Fsp3) is 0.792. The minimum atomic E-state index is -4.38. The molecule has 182 valence electrons. The molecule has 4 aliphatic carbocycles. The van der Waals surface area contributed by atoms with Crippen molar-refractivity contribution in [3.05, 3.63) is 41.0 Å². The largest absolute Gasteiger partial charge is 0.397 e. The Hall–Kier alpha value is -1.67. The average Bonchev–Trinajstić information content (AvgIpc) is 3.11. The highest BCUT2D eigenvalue weighted by Crippen LogP contribution is 2.66. The normalized spacial score (nSPS) is 41.9. The second-order valence-corrected chi connectivity index (χ2v) is 12.0. The van der Waals surface area contributed by atoms with Gasteiger partial charge in [-0.05, 0) is 110 Å². The van der Waals surface area contributed by atoms with Crippen molar-refractivity contribution in [1.29, 1.82) is 0 Å². The van der Waals surface area contributed by atoms with Crippen LogP contribution in [-0.2, 0) is 14.6 Å². The number of azide groups is 1. The zero-order valence-electron chi connectivity index (χ0n) is 19.6. The molecule has 0 aliphatic heterocycles. The standard InChI is InChI=1S/C19H31N3O4S.C5H5N/c1-18-9-7-13(26-27(23,24)25)11-12(18)3-4-14-15-5-6-17(21-22-20)19(15,2)10-8-16(14)18;1-2-4-6-5-3-1/h12-17H,3-11H2,1-2H3,(H,23,24,25);1-5H/t12-,13?,14?,15?,16?,17+,18+,19+;/m1./s1. The first-order valence-corrected chi connectivity index (χ1v) is 13.6. The van der Waals surface area contributed by atoms with Crippen LogP contribution in [0.3, 0.4) is 0 Å². The second kappa shape index (κ2) is 9.53. The maximum atomic E-state index is 11.1. The monoisotopic (exact) mass is 476 g/mol. The van der Waals surface area contributed by atoms with Crippen LogP contribution in [0.1, 0.15) is 71.6 Å². The summed E-state index contributed by atoms with van der Waals surface area (Å²) in [5.41, 5.74) is 9.31. The van der Waals surface area contributed by atoms with Gasteiger partial charge in [0.25, 0.3) is 0 Å². The van der Waals surface area contributed by atoms with Gasteiger partial charge in [0.1, 0.15) is 0 Å². The SMILES string of the molecule is C[C@]12CCC3C(CC[C@@H]4CC(OS(=O)(=O)O)CC[C@]34C)C1CC[C@@H]2N=[N+]=[N-].c1ccncc1. The molecule has 1 N–H and O–H groups in total. The summed E-state index contributed by atoms with van der Waals surface area (Å²) in [5, 5.41) is 4.14. The fourth-order valence-electron chi connectivity index (χ4n) is 8.02. The van der Waals surface area contributed by atoms with Crippen molar-refractivity contribution >= 4 is 10.4 Å². The molecule has 33 heavy (non-hydrogen) atoms. The summed E-state index contributed by atoms with van der Waals surface area (Å²) >= 11 is 0. The lowest BCUT2D eigenvalue weighted by atomic mass is 9.45. The lowest BCUT2D eigenvalue weighted by Crippen LogP contribution is -2.54. The summed E-state index contributed by atoms with van der Waals surface area (Å²) in [7, 11) is -4.38. The van der Waals surface area contributed by atoms with Crippen molar-refractivity contribution < 1.29 is 17.2 Å². The van der Waals surface area contributed by atoms with E-state index in [9.17, 15) is 8.42 Å². The Labute approximate surface area is 197 Å². The summed E-state index contributed by atoms with van der Waals surface area (Å²) in [6.07, 6.45) is 12.2. The lowest BCUT2D eigenvalue weighted by molar-refractivity contribution is -0.119. The van der Waals surface area contributed by atoms with Crippen LogP contribution in [0.15, 0.2) is 35.7 Å². The van der Waals surface area contributed by atoms with E-state index in [1.54, 1.807) is 12.4 Å². The van der Waals surface area contributed by atoms with Crippen molar-refractivity contribution in [1.82, 2.24) is 4.98 Å². The molecule has 4 saturated carbocycles. The molecule has 8 atom stereocenters. The third-order valence-electron chi connectivity index (χ3n) is 9.58. The Bertz CT molecular complexity index is 943. The number of pyridine rings is 1. The van der Waals surface area contributed by atoms with E-state index in [4.69, 9.17) is 14.3 Å². The van der Waals surface area contributed by atoms with E-state index in [1.165, 1.54) is 12.8 Å². The van der Waals surface area contributed by atoms with Crippen LogP contribution in [0, 0.1) is 34.5 Å². The van der Waals surface area contributed by atoms with Crippen LogP contribution in [-0.4, -0.2) is 30.1 Å². The van der Waals surface area contributed by atoms with Crippen molar-refractivity contribution in [3.63, 3.8) is 0 Å². The lowest BCUT2D eigenvalue weighted by Gasteiger charge is -2.60. The first kappa shape index (κ1) is 24.5. The molecule has 9 heteroatoms. The number of fused-ring (bicyclic) bond motifs is 5. The van der Waals surface area contributed by atoms with Crippen LogP contribution in [0.4, 0.5) is 0 Å². The number of hydrogen-bond acceptors (Lipinski definition) is 5. The minimum absolute atomic E-state index is 0.137. The molecule has 4 aliphatic rings. The Morgan fingerprint density at radius 1 is 1.00 bits per heavy atom. The van der Waals surface area contributed by atoms with E-state index < -0.39 is 10.4 Å². The van der Waals surface area contributed by atoms with Gasteiger partial charge < -0.3 is 0 Å². The smallest absolute Gasteiger partial charge is 0.265 e. The molecule has 4 fully saturated rings. The average molecular weight is 477 g/mol. The minimum Gasteiger partial charge on any atom is -0.265 e. The van der Waals surface area contributed by atoms with E-state index >= 15 is 0 Å². The van der Waals surface area contributed by atoms with Gasteiger partial charge in [-0.25, -0.2) is 4.18 Å². The van der Waals surface area contributed by atoms with Gasteiger partial charge in [0.2, 0.25) is 0 Å². The van der Waals surface area contributed by atoms with Gasteiger partial charge >= 0.3 is 10.4 Å². The highest BCUT2D eigenvalue weighted by atomic mass is 32.3. The van der Waals surface area contributed by atoms with Gasteiger partial charge in [-0.2, -0.15) is 8.42 Å². The van der Waals surface area contributed by atoms with Gasteiger partial charge in [-0.15, -0.1) is 0 Å². The Morgan fingerprint density at radius 3 is 2.30 bits per heavy atom. The van der Waals surface area contributed by atoms with Crippen molar-refractivity contribution in [2.75, 3.05) is 0 Å². The number of aromatic nitrogens is 1. The molecule has 5 rings (SSSR count). The van der Waals surface area contributed by atoms with E-state index in [2.05, 4.69) is 28.9 Å². The summed E-state index contributed by atoms with van der Waals surface area (Å²) in [6.45, 7) is 4.74. The first-order chi connectivity index (χ1) is 15.7. The van der Waals surface area contributed by atoms with Gasteiger partial charge in [-0.3, -0.25) is 9.54 Å². The fourth-order valence-corrected chi connectivity index (χ4v) is 8.53. The number of hydrogen-bond donors (Lipinski definition) is 1. The molecule has 0 spiro atoms. The predicted octanol–water partition coefficient (Wildman–Crippen LogP) is 5.98. The third kappa shape index (κ3) is 4.92. The van der Waals surface area contributed by atoms with E-state index in [0.29, 0.717) is 30.1 Å². The molecule has 4 unspecified atom stereocenters. The van der Waals surface area contributed by atoms with Crippen LogP contribution in [0.25, 0.3) is 10.4 Å². The maximum Gasteiger partial charge on any atom is 0.397 e. The van der Waals surface area contributed by atoms with E-state index in [-0.39, 0.29) is 23.0 Å². The number of rotatable bonds is 3. The highest BCUT2D eigenvalue weighted by Gasteiger charge is 2.60. The maximum absolute atomic E-state index is 11.1. The molecule has 0 bridgehead atoms. The summed E-state index contributed by atoms with van der Waals surface area (Å²) in [6, 6.07) is 5.85. The van der Waals surface area contributed by atoms with E-state index in [0.717, 1.165) is 38.5 Å². The number of nitrogens with zero attached hydrogens (tertiary/aromatic N) is 4. The molecule has 8 nitrogen and oxygen atoms in total. The molecule has 0 aromatic carbocycles. The second-order valence-electron chi connectivity index (χ2n) is 10.9.